The Bertz CT molecular complexity index is 451. The summed E-state index contributed by atoms with van der Waals surface area (Å²) in [7, 11) is -3.57. The number of rotatable bonds is 6. The monoisotopic (exact) mass is 398 g/mol. The molecule has 0 aliphatic carbocycles. The summed E-state index contributed by atoms with van der Waals surface area (Å²) in [5, 5.41) is 0.710. The van der Waals surface area contributed by atoms with Crippen molar-refractivity contribution in [1.29, 1.82) is 0 Å². The summed E-state index contributed by atoms with van der Waals surface area (Å²) in [6, 6.07) is 5.72. The Morgan fingerprint density at radius 2 is 2.00 bits per heavy atom. The molecular formula is C12H17Br2O3P. The fraction of sp³-hybridized carbons (Fsp3) is 0.500. The third-order valence-corrected chi connectivity index (χ3v) is 5.03. The Hall–Kier alpha value is 0.330. The fourth-order valence-corrected chi connectivity index (χ4v) is 3.85. The fourth-order valence-electron chi connectivity index (χ4n) is 1.51. The molecule has 1 rings (SSSR count). The van der Waals surface area contributed by atoms with Gasteiger partial charge in [-0.05, 0) is 36.6 Å². The molecule has 102 valence electrons. The van der Waals surface area contributed by atoms with Crippen molar-refractivity contribution in [3.8, 4) is 0 Å². The van der Waals surface area contributed by atoms with Gasteiger partial charge in [-0.25, -0.2) is 0 Å². The lowest BCUT2D eigenvalue weighted by Gasteiger charge is -2.17. The van der Waals surface area contributed by atoms with E-state index < -0.39 is 7.60 Å². The minimum atomic E-state index is -3.57. The van der Waals surface area contributed by atoms with Gasteiger partial charge in [-0.1, -0.05) is 44.8 Å². The molecule has 1 N–H and O–H groups in total. The summed E-state index contributed by atoms with van der Waals surface area (Å²) >= 11 is 6.77. The molecule has 18 heavy (non-hydrogen) atoms. The van der Waals surface area contributed by atoms with Gasteiger partial charge < -0.3 is 9.42 Å². The third-order valence-electron chi connectivity index (χ3n) is 2.47. The van der Waals surface area contributed by atoms with E-state index in [1.807, 2.05) is 25.1 Å². The van der Waals surface area contributed by atoms with Crippen molar-refractivity contribution < 1.29 is 14.0 Å². The van der Waals surface area contributed by atoms with Gasteiger partial charge in [-0.15, -0.1) is 0 Å². The lowest BCUT2D eigenvalue weighted by Crippen LogP contribution is -2.05. The van der Waals surface area contributed by atoms with E-state index in [0.29, 0.717) is 5.33 Å². The highest BCUT2D eigenvalue weighted by Gasteiger charge is 2.23. The van der Waals surface area contributed by atoms with Gasteiger partial charge >= 0.3 is 7.60 Å². The molecular weight excluding hydrogens is 383 g/mol. The molecule has 3 nitrogen and oxygen atoms in total. The smallest absolute Gasteiger partial charge is 0.324 e. The number of benzene rings is 1. The number of halogens is 2. The maximum atomic E-state index is 12.0. The van der Waals surface area contributed by atoms with Crippen molar-refractivity contribution in [3.05, 3.63) is 33.8 Å². The predicted octanol–water partition coefficient (Wildman–Crippen LogP) is 4.84. The normalized spacial score (nSPS) is 16.3. The topological polar surface area (TPSA) is 46.5 Å². The van der Waals surface area contributed by atoms with E-state index in [-0.39, 0.29) is 12.3 Å². The molecule has 0 aliphatic heterocycles. The first-order valence-electron chi connectivity index (χ1n) is 5.71. The molecule has 0 amide bonds. The van der Waals surface area contributed by atoms with Crippen LogP contribution in [0.3, 0.4) is 0 Å². The average Bonchev–Trinajstić information content (AvgIpc) is 2.26. The van der Waals surface area contributed by atoms with Crippen molar-refractivity contribution in [2.24, 2.45) is 0 Å². The van der Waals surface area contributed by atoms with Crippen molar-refractivity contribution in [2.45, 2.75) is 37.9 Å². The molecule has 0 radical (unpaired) electrons. The zero-order valence-electron chi connectivity index (χ0n) is 10.4. The van der Waals surface area contributed by atoms with Crippen LogP contribution in [-0.4, -0.2) is 11.0 Å². The van der Waals surface area contributed by atoms with Gasteiger partial charge in [0.15, 0.2) is 0 Å². The molecule has 0 saturated heterocycles. The molecule has 0 saturated carbocycles. The summed E-state index contributed by atoms with van der Waals surface area (Å²) in [5.41, 5.74) is 1.86. The molecule has 1 aromatic carbocycles. The van der Waals surface area contributed by atoms with Gasteiger partial charge in [-0.2, -0.15) is 0 Å². The molecule has 0 aliphatic rings. The zero-order valence-corrected chi connectivity index (χ0v) is 14.5. The van der Waals surface area contributed by atoms with Crippen molar-refractivity contribution in [3.63, 3.8) is 0 Å². The number of hydrogen-bond donors (Lipinski definition) is 1. The maximum absolute atomic E-state index is 12.0. The molecule has 0 bridgehead atoms. The first-order chi connectivity index (χ1) is 8.36. The van der Waals surface area contributed by atoms with E-state index in [2.05, 4.69) is 31.9 Å². The highest BCUT2D eigenvalue weighted by molar-refractivity contribution is 9.10. The van der Waals surface area contributed by atoms with Crippen LogP contribution in [0.4, 0.5) is 0 Å². The summed E-state index contributed by atoms with van der Waals surface area (Å²) in [6.45, 7) is 3.72. The Morgan fingerprint density at radius 1 is 1.39 bits per heavy atom. The van der Waals surface area contributed by atoms with Crippen LogP contribution in [0.2, 0.25) is 0 Å². The maximum Gasteiger partial charge on any atom is 0.332 e. The summed E-state index contributed by atoms with van der Waals surface area (Å²) in [4.78, 5) is 9.83. The standard InChI is InChI=1S/C12H17Br2O3P/c1-3-9(2)17-18(15,16)8-11-4-10(7-13)5-12(14)6-11/h4-6,9H,3,7-8H2,1-2H3,(H,15,16). The first kappa shape index (κ1) is 16.4. The molecule has 2 atom stereocenters. The van der Waals surface area contributed by atoms with E-state index in [0.717, 1.165) is 22.0 Å². The Kier molecular flexibility index (Phi) is 6.56. The van der Waals surface area contributed by atoms with Gasteiger partial charge in [0.2, 0.25) is 0 Å². The largest absolute Gasteiger partial charge is 0.332 e. The van der Waals surface area contributed by atoms with Crippen LogP contribution >= 0.6 is 39.5 Å². The highest BCUT2D eigenvalue weighted by atomic mass is 79.9. The van der Waals surface area contributed by atoms with Crippen molar-refractivity contribution in [1.82, 2.24) is 0 Å². The van der Waals surface area contributed by atoms with E-state index in [1.165, 1.54) is 0 Å². The average molecular weight is 400 g/mol. The van der Waals surface area contributed by atoms with Crippen LogP contribution in [0.5, 0.6) is 0 Å². The minimum Gasteiger partial charge on any atom is -0.324 e. The number of alkyl halides is 1. The van der Waals surface area contributed by atoms with Crippen LogP contribution in [0.15, 0.2) is 22.7 Å². The highest BCUT2D eigenvalue weighted by Crippen LogP contribution is 2.47. The van der Waals surface area contributed by atoms with Crippen LogP contribution in [0.25, 0.3) is 0 Å². The Morgan fingerprint density at radius 3 is 2.56 bits per heavy atom. The second kappa shape index (κ2) is 7.20. The molecule has 0 heterocycles. The van der Waals surface area contributed by atoms with Gasteiger partial charge in [-0.3, -0.25) is 4.57 Å². The zero-order chi connectivity index (χ0) is 13.8. The molecule has 6 heteroatoms. The van der Waals surface area contributed by atoms with Crippen LogP contribution in [-0.2, 0) is 20.6 Å². The van der Waals surface area contributed by atoms with Gasteiger partial charge in [0, 0.05) is 9.80 Å². The van der Waals surface area contributed by atoms with Gasteiger partial charge in [0.25, 0.3) is 0 Å². The van der Waals surface area contributed by atoms with Crippen LogP contribution < -0.4 is 0 Å². The van der Waals surface area contributed by atoms with Crippen LogP contribution in [0.1, 0.15) is 31.4 Å². The second-order valence-corrected chi connectivity index (χ2v) is 7.50. The van der Waals surface area contributed by atoms with E-state index in [1.54, 1.807) is 6.92 Å². The van der Waals surface area contributed by atoms with Gasteiger partial charge in [0.1, 0.15) is 0 Å². The summed E-state index contributed by atoms with van der Waals surface area (Å²) in [5.74, 6) is 0. The molecule has 2 unspecified atom stereocenters. The predicted molar refractivity (Wildman–Crippen MR) is 81.1 cm³/mol. The van der Waals surface area contributed by atoms with E-state index in [9.17, 15) is 9.46 Å². The summed E-state index contributed by atoms with van der Waals surface area (Å²) in [6.07, 6.45) is 0.551. The third kappa shape index (κ3) is 5.54. The quantitative estimate of drug-likeness (QED) is 0.549. The SMILES string of the molecule is CCC(C)OP(=O)(O)Cc1cc(Br)cc(CBr)c1. The molecule has 0 spiro atoms. The first-order valence-corrected chi connectivity index (χ1v) is 9.38. The number of hydrogen-bond acceptors (Lipinski definition) is 2. The Balaban J connectivity index is 2.83. The molecule has 1 aromatic rings. The molecule has 0 aromatic heterocycles. The van der Waals surface area contributed by atoms with E-state index >= 15 is 0 Å². The van der Waals surface area contributed by atoms with Crippen molar-refractivity contribution >= 4 is 39.5 Å². The van der Waals surface area contributed by atoms with Crippen molar-refractivity contribution in [2.75, 3.05) is 0 Å². The summed E-state index contributed by atoms with van der Waals surface area (Å²) < 4.78 is 18.1. The lowest BCUT2D eigenvalue weighted by atomic mass is 10.2. The minimum absolute atomic E-state index is 0.0385. The van der Waals surface area contributed by atoms with E-state index in [4.69, 9.17) is 4.52 Å². The van der Waals surface area contributed by atoms with Gasteiger partial charge in [0.05, 0.1) is 12.3 Å². The molecule has 0 fully saturated rings. The lowest BCUT2D eigenvalue weighted by molar-refractivity contribution is 0.185. The Labute approximate surface area is 125 Å². The van der Waals surface area contributed by atoms with Crippen LogP contribution in [0, 0.1) is 0 Å². The second-order valence-electron chi connectivity index (χ2n) is 4.22.